The van der Waals surface area contributed by atoms with E-state index < -0.39 is 11.1 Å². The van der Waals surface area contributed by atoms with Gasteiger partial charge in [0.15, 0.2) is 0 Å². The SMILES string of the molecule is COCC12CCC(CO)(CC1)N2C(=O)OC(C)(C)C. The van der Waals surface area contributed by atoms with Crippen LogP contribution in [0.4, 0.5) is 4.79 Å². The van der Waals surface area contributed by atoms with Crippen LogP contribution >= 0.6 is 0 Å². The van der Waals surface area contributed by atoms with E-state index in [1.54, 1.807) is 12.0 Å². The molecule has 2 aliphatic rings. The minimum atomic E-state index is -0.524. The van der Waals surface area contributed by atoms with Crippen LogP contribution < -0.4 is 0 Å². The van der Waals surface area contributed by atoms with Gasteiger partial charge >= 0.3 is 6.09 Å². The molecule has 0 aromatic heterocycles. The molecule has 0 unspecified atom stereocenters. The fourth-order valence-corrected chi connectivity index (χ4v) is 3.53. The molecule has 0 aromatic rings. The Morgan fingerprint density at radius 1 is 1.21 bits per heavy atom. The second-order valence-corrected chi connectivity index (χ2v) is 6.86. The highest BCUT2D eigenvalue weighted by molar-refractivity contribution is 5.72. The zero-order valence-electron chi connectivity index (χ0n) is 12.4. The van der Waals surface area contributed by atoms with Gasteiger partial charge in [0, 0.05) is 7.11 Å². The largest absolute Gasteiger partial charge is 0.444 e. The van der Waals surface area contributed by atoms with Crippen LogP contribution in [0.3, 0.4) is 0 Å². The number of nitrogens with zero attached hydrogens (tertiary/aromatic N) is 1. The van der Waals surface area contributed by atoms with Crippen LogP contribution in [0.2, 0.25) is 0 Å². The zero-order valence-corrected chi connectivity index (χ0v) is 12.4. The summed E-state index contributed by atoms with van der Waals surface area (Å²) in [5.74, 6) is 0. The van der Waals surface area contributed by atoms with Crippen LogP contribution in [0.25, 0.3) is 0 Å². The van der Waals surface area contributed by atoms with E-state index in [0.29, 0.717) is 6.61 Å². The highest BCUT2D eigenvalue weighted by atomic mass is 16.6. The molecule has 2 bridgehead atoms. The lowest BCUT2D eigenvalue weighted by Crippen LogP contribution is -2.55. The molecular weight excluding hydrogens is 246 g/mol. The van der Waals surface area contributed by atoms with Gasteiger partial charge in [0.25, 0.3) is 0 Å². The average molecular weight is 271 g/mol. The summed E-state index contributed by atoms with van der Waals surface area (Å²) in [5, 5.41) is 9.75. The molecule has 5 heteroatoms. The molecule has 0 radical (unpaired) electrons. The standard InChI is InChI=1S/C14H25NO4/c1-12(2,3)19-11(17)15-13(9-16)5-7-14(15,8-6-13)10-18-4/h16H,5-10H2,1-4H3. The molecule has 110 valence electrons. The topological polar surface area (TPSA) is 59.0 Å². The molecule has 0 saturated carbocycles. The Bertz CT molecular complexity index is 353. The van der Waals surface area contributed by atoms with Gasteiger partial charge in [0.05, 0.1) is 24.3 Å². The highest BCUT2D eigenvalue weighted by Gasteiger charge is 2.63. The van der Waals surface area contributed by atoms with Crippen molar-refractivity contribution in [3.05, 3.63) is 0 Å². The summed E-state index contributed by atoms with van der Waals surface area (Å²) in [6.45, 7) is 6.08. The summed E-state index contributed by atoms with van der Waals surface area (Å²) < 4.78 is 10.8. The number of methoxy groups -OCH3 is 1. The Balaban J connectivity index is 2.26. The second-order valence-electron chi connectivity index (χ2n) is 6.86. The fourth-order valence-electron chi connectivity index (χ4n) is 3.53. The van der Waals surface area contributed by atoms with Crippen molar-refractivity contribution in [2.75, 3.05) is 20.3 Å². The maximum absolute atomic E-state index is 12.5. The first kappa shape index (κ1) is 14.6. The number of carbonyl (C=O) groups excluding carboxylic acids is 1. The number of rotatable bonds is 3. The van der Waals surface area contributed by atoms with E-state index in [1.807, 2.05) is 20.8 Å². The Kier molecular flexibility index (Phi) is 3.56. The zero-order chi connectivity index (χ0) is 14.3. The fraction of sp³-hybridized carbons (Fsp3) is 0.929. The Labute approximate surface area is 114 Å². The van der Waals surface area contributed by atoms with Crippen molar-refractivity contribution in [1.29, 1.82) is 0 Å². The number of aliphatic hydroxyl groups excluding tert-OH is 1. The molecule has 2 fully saturated rings. The van der Waals surface area contributed by atoms with Crippen LogP contribution in [0, 0.1) is 0 Å². The van der Waals surface area contributed by atoms with Gasteiger partial charge in [-0.3, -0.25) is 4.90 Å². The molecule has 2 rings (SSSR count). The van der Waals surface area contributed by atoms with E-state index in [2.05, 4.69) is 0 Å². The number of hydrogen-bond acceptors (Lipinski definition) is 4. The van der Waals surface area contributed by atoms with E-state index in [0.717, 1.165) is 25.7 Å². The summed E-state index contributed by atoms with van der Waals surface area (Å²) in [6.07, 6.45) is 3.08. The number of ether oxygens (including phenoxy) is 2. The highest BCUT2D eigenvalue weighted by Crippen LogP contribution is 2.53. The first-order valence-electron chi connectivity index (χ1n) is 6.92. The van der Waals surface area contributed by atoms with Gasteiger partial charge in [-0.15, -0.1) is 0 Å². The molecule has 0 atom stereocenters. The lowest BCUT2D eigenvalue weighted by molar-refractivity contribution is -0.0277. The minimum Gasteiger partial charge on any atom is -0.444 e. The summed E-state index contributed by atoms with van der Waals surface area (Å²) in [5.41, 5.74) is -1.26. The molecule has 19 heavy (non-hydrogen) atoms. The molecule has 0 aromatic carbocycles. The third-order valence-corrected chi connectivity index (χ3v) is 4.34. The van der Waals surface area contributed by atoms with Crippen LogP contribution in [-0.2, 0) is 9.47 Å². The molecule has 0 aliphatic carbocycles. The van der Waals surface area contributed by atoms with Gasteiger partial charge in [-0.25, -0.2) is 4.79 Å². The van der Waals surface area contributed by atoms with Gasteiger partial charge in [0.2, 0.25) is 0 Å². The van der Waals surface area contributed by atoms with Crippen LogP contribution in [0.1, 0.15) is 46.5 Å². The van der Waals surface area contributed by atoms with E-state index in [1.165, 1.54) is 0 Å². The van der Waals surface area contributed by atoms with Gasteiger partial charge in [-0.1, -0.05) is 0 Å². The van der Waals surface area contributed by atoms with Crippen LogP contribution in [0.15, 0.2) is 0 Å². The molecular formula is C14H25NO4. The third-order valence-electron chi connectivity index (χ3n) is 4.34. The lowest BCUT2D eigenvalue weighted by atomic mass is 9.83. The monoisotopic (exact) mass is 271 g/mol. The van der Waals surface area contributed by atoms with Gasteiger partial charge < -0.3 is 14.6 Å². The van der Waals surface area contributed by atoms with Crippen molar-refractivity contribution in [3.63, 3.8) is 0 Å². The predicted octanol–water partition coefficient (Wildman–Crippen LogP) is 1.93. The number of amides is 1. The molecule has 1 N–H and O–H groups in total. The first-order chi connectivity index (χ1) is 8.79. The third kappa shape index (κ3) is 2.34. The Morgan fingerprint density at radius 3 is 2.16 bits per heavy atom. The number of fused-ring (bicyclic) bond motifs is 2. The van der Waals surface area contributed by atoms with Gasteiger partial charge in [0.1, 0.15) is 5.60 Å². The summed E-state index contributed by atoms with van der Waals surface area (Å²) in [7, 11) is 1.65. The predicted molar refractivity (Wildman–Crippen MR) is 71.0 cm³/mol. The summed E-state index contributed by atoms with van der Waals surface area (Å²) in [4.78, 5) is 14.3. The van der Waals surface area contributed by atoms with Crippen molar-refractivity contribution in [2.24, 2.45) is 0 Å². The molecule has 2 aliphatic heterocycles. The van der Waals surface area contributed by atoms with E-state index in [-0.39, 0.29) is 18.2 Å². The number of aliphatic hydroxyl groups is 1. The smallest absolute Gasteiger partial charge is 0.411 e. The second kappa shape index (κ2) is 4.63. The normalized spacial score (nSPS) is 33.8. The average Bonchev–Trinajstić information content (AvgIpc) is 2.78. The van der Waals surface area contributed by atoms with E-state index in [4.69, 9.17) is 9.47 Å². The maximum atomic E-state index is 12.5. The van der Waals surface area contributed by atoms with Crippen LogP contribution in [-0.4, -0.2) is 53.1 Å². The Hall–Kier alpha value is -0.810. The quantitative estimate of drug-likeness (QED) is 0.852. The lowest BCUT2D eigenvalue weighted by Gasteiger charge is -2.39. The van der Waals surface area contributed by atoms with Gasteiger partial charge in [-0.2, -0.15) is 0 Å². The number of hydrogen-bond donors (Lipinski definition) is 1. The molecule has 2 saturated heterocycles. The molecule has 1 amide bonds. The van der Waals surface area contributed by atoms with Gasteiger partial charge in [-0.05, 0) is 46.5 Å². The van der Waals surface area contributed by atoms with E-state index in [9.17, 15) is 9.90 Å². The Morgan fingerprint density at radius 2 is 1.74 bits per heavy atom. The van der Waals surface area contributed by atoms with Crippen molar-refractivity contribution in [3.8, 4) is 0 Å². The van der Waals surface area contributed by atoms with Crippen LogP contribution in [0.5, 0.6) is 0 Å². The number of carbonyl (C=O) groups is 1. The minimum absolute atomic E-state index is 0.00227. The van der Waals surface area contributed by atoms with Crippen molar-refractivity contribution < 1.29 is 19.4 Å². The molecule has 0 spiro atoms. The van der Waals surface area contributed by atoms with Crippen molar-refractivity contribution >= 4 is 6.09 Å². The molecule has 5 nitrogen and oxygen atoms in total. The van der Waals surface area contributed by atoms with Crippen molar-refractivity contribution in [1.82, 2.24) is 4.90 Å². The first-order valence-corrected chi connectivity index (χ1v) is 6.92. The summed E-state index contributed by atoms with van der Waals surface area (Å²) >= 11 is 0. The van der Waals surface area contributed by atoms with Crippen molar-refractivity contribution in [2.45, 2.75) is 63.1 Å². The summed E-state index contributed by atoms with van der Waals surface area (Å²) in [6, 6.07) is 0. The maximum Gasteiger partial charge on any atom is 0.411 e. The van der Waals surface area contributed by atoms with E-state index >= 15 is 0 Å². The molecule has 2 heterocycles.